The lowest BCUT2D eigenvalue weighted by Gasteiger charge is -2.06. The number of para-hydroxylation sites is 3. The zero-order valence-electron chi connectivity index (χ0n) is 12.6. The first-order chi connectivity index (χ1) is 10.6. The van der Waals surface area contributed by atoms with Crippen LogP contribution in [0, 0.1) is 6.92 Å². The topological polar surface area (TPSA) is 68.3 Å². The summed E-state index contributed by atoms with van der Waals surface area (Å²) in [6.07, 6.45) is 0.858. The number of hydrogen-bond acceptors (Lipinski definition) is 3. The van der Waals surface area contributed by atoms with E-state index in [4.69, 9.17) is 10.2 Å². The monoisotopic (exact) mass is 294 g/mol. The van der Waals surface area contributed by atoms with E-state index in [2.05, 4.69) is 12.2 Å². The molecule has 4 nitrogen and oxygen atoms in total. The van der Waals surface area contributed by atoms with Crippen molar-refractivity contribution in [2.75, 3.05) is 11.1 Å². The number of nitrogens with two attached hydrogens (primary N) is 1. The molecule has 3 rings (SSSR count). The summed E-state index contributed by atoms with van der Waals surface area (Å²) < 4.78 is 5.84. The summed E-state index contributed by atoms with van der Waals surface area (Å²) in [5.41, 5.74) is 9.70. The largest absolute Gasteiger partial charge is 0.450 e. The van der Waals surface area contributed by atoms with Crippen LogP contribution in [-0.4, -0.2) is 5.91 Å². The molecule has 0 saturated heterocycles. The molecule has 0 saturated carbocycles. The highest BCUT2D eigenvalue weighted by molar-refractivity contribution is 6.07. The predicted molar refractivity (Wildman–Crippen MR) is 89.1 cm³/mol. The van der Waals surface area contributed by atoms with Gasteiger partial charge in [0.2, 0.25) is 0 Å². The maximum absolute atomic E-state index is 12.5. The van der Waals surface area contributed by atoms with Crippen molar-refractivity contribution < 1.29 is 9.21 Å². The van der Waals surface area contributed by atoms with E-state index >= 15 is 0 Å². The maximum atomic E-state index is 12.5. The van der Waals surface area contributed by atoms with Crippen LogP contribution in [0.2, 0.25) is 0 Å². The van der Waals surface area contributed by atoms with Crippen molar-refractivity contribution in [3.8, 4) is 0 Å². The molecule has 0 spiro atoms. The third-order valence-corrected chi connectivity index (χ3v) is 3.84. The summed E-state index contributed by atoms with van der Waals surface area (Å²) in [5.74, 6) is 0.0489. The van der Waals surface area contributed by atoms with Gasteiger partial charge in [0.25, 0.3) is 5.91 Å². The van der Waals surface area contributed by atoms with Crippen molar-refractivity contribution in [2.45, 2.75) is 20.3 Å². The standard InChI is InChI=1S/C18H18N2O2/c1-3-12-7-6-8-13-11(2)16(22-17(12)13)18(21)20-15-10-5-4-9-14(15)19/h4-10H,3,19H2,1-2H3,(H,20,21). The molecule has 0 aliphatic rings. The van der Waals surface area contributed by atoms with Gasteiger partial charge in [-0.15, -0.1) is 0 Å². The summed E-state index contributed by atoms with van der Waals surface area (Å²) in [7, 11) is 0. The molecular formula is C18H18N2O2. The third kappa shape index (κ3) is 2.33. The van der Waals surface area contributed by atoms with Crippen molar-refractivity contribution in [1.82, 2.24) is 0 Å². The molecule has 4 heteroatoms. The molecule has 0 aliphatic carbocycles. The van der Waals surface area contributed by atoms with E-state index in [-0.39, 0.29) is 5.91 Å². The molecule has 3 aromatic rings. The number of amides is 1. The molecule has 0 fully saturated rings. The molecule has 2 aromatic carbocycles. The Kier molecular flexibility index (Phi) is 3.59. The van der Waals surface area contributed by atoms with Gasteiger partial charge in [0.05, 0.1) is 11.4 Å². The summed E-state index contributed by atoms with van der Waals surface area (Å²) in [6, 6.07) is 13.1. The van der Waals surface area contributed by atoms with Crippen LogP contribution < -0.4 is 11.1 Å². The Morgan fingerprint density at radius 1 is 1.18 bits per heavy atom. The average Bonchev–Trinajstić information content (AvgIpc) is 2.87. The Hall–Kier alpha value is -2.75. The molecule has 1 aromatic heterocycles. The zero-order valence-corrected chi connectivity index (χ0v) is 12.6. The van der Waals surface area contributed by atoms with Crippen LogP contribution in [0.3, 0.4) is 0 Å². The van der Waals surface area contributed by atoms with Gasteiger partial charge in [-0.2, -0.15) is 0 Å². The van der Waals surface area contributed by atoms with Gasteiger partial charge in [0.15, 0.2) is 5.76 Å². The molecule has 3 N–H and O–H groups in total. The highest BCUT2D eigenvalue weighted by Crippen LogP contribution is 2.29. The van der Waals surface area contributed by atoms with Gasteiger partial charge in [-0.25, -0.2) is 0 Å². The SMILES string of the molecule is CCc1cccc2c(C)c(C(=O)Nc3ccccc3N)oc12. The smallest absolute Gasteiger partial charge is 0.291 e. The van der Waals surface area contributed by atoms with Crippen LogP contribution in [0.25, 0.3) is 11.0 Å². The predicted octanol–water partition coefficient (Wildman–Crippen LogP) is 4.14. The molecular weight excluding hydrogens is 276 g/mol. The van der Waals surface area contributed by atoms with E-state index < -0.39 is 0 Å². The fourth-order valence-electron chi connectivity index (χ4n) is 2.59. The second-order valence-corrected chi connectivity index (χ2v) is 5.24. The summed E-state index contributed by atoms with van der Waals surface area (Å²) in [4.78, 5) is 12.5. The van der Waals surface area contributed by atoms with Crippen LogP contribution in [0.4, 0.5) is 11.4 Å². The fraction of sp³-hybridized carbons (Fsp3) is 0.167. The van der Waals surface area contributed by atoms with Crippen molar-refractivity contribution >= 4 is 28.3 Å². The number of furan rings is 1. The quantitative estimate of drug-likeness (QED) is 0.713. The number of nitrogens with one attached hydrogen (secondary N) is 1. The Bertz CT molecular complexity index is 849. The second kappa shape index (κ2) is 5.56. The van der Waals surface area contributed by atoms with E-state index in [1.165, 1.54) is 0 Å². The summed E-state index contributed by atoms with van der Waals surface area (Å²) in [6.45, 7) is 3.96. The first kappa shape index (κ1) is 14.2. The number of nitrogen functional groups attached to an aromatic ring is 1. The normalized spacial score (nSPS) is 10.8. The highest BCUT2D eigenvalue weighted by atomic mass is 16.3. The molecule has 22 heavy (non-hydrogen) atoms. The summed E-state index contributed by atoms with van der Waals surface area (Å²) >= 11 is 0. The van der Waals surface area contributed by atoms with E-state index in [1.807, 2.05) is 37.3 Å². The molecule has 1 amide bonds. The molecule has 112 valence electrons. The van der Waals surface area contributed by atoms with Gasteiger partial charge < -0.3 is 15.5 Å². The van der Waals surface area contributed by atoms with E-state index in [9.17, 15) is 4.79 Å². The number of aryl methyl sites for hydroxylation is 2. The van der Waals surface area contributed by atoms with E-state index in [0.717, 1.165) is 28.5 Å². The van der Waals surface area contributed by atoms with Gasteiger partial charge in [0, 0.05) is 10.9 Å². The lowest BCUT2D eigenvalue weighted by atomic mass is 10.1. The minimum absolute atomic E-state index is 0.284. The molecule has 0 aliphatic heterocycles. The number of hydrogen-bond donors (Lipinski definition) is 2. The van der Waals surface area contributed by atoms with Gasteiger partial charge >= 0.3 is 0 Å². The molecule has 1 heterocycles. The molecule has 0 radical (unpaired) electrons. The maximum Gasteiger partial charge on any atom is 0.291 e. The van der Waals surface area contributed by atoms with E-state index in [0.29, 0.717) is 17.1 Å². The Balaban J connectivity index is 2.01. The van der Waals surface area contributed by atoms with Crippen molar-refractivity contribution in [3.05, 3.63) is 59.4 Å². The highest BCUT2D eigenvalue weighted by Gasteiger charge is 2.19. The number of carbonyl (C=O) groups excluding carboxylic acids is 1. The Morgan fingerprint density at radius 3 is 2.68 bits per heavy atom. The Labute approximate surface area is 128 Å². The van der Waals surface area contributed by atoms with Gasteiger partial charge in [-0.3, -0.25) is 4.79 Å². The van der Waals surface area contributed by atoms with E-state index in [1.54, 1.807) is 12.1 Å². The lowest BCUT2D eigenvalue weighted by Crippen LogP contribution is -2.13. The van der Waals surface area contributed by atoms with Gasteiger partial charge in [-0.05, 0) is 31.0 Å². The minimum atomic E-state index is -0.284. The number of carbonyl (C=O) groups is 1. The minimum Gasteiger partial charge on any atom is -0.450 e. The first-order valence-corrected chi connectivity index (χ1v) is 7.28. The van der Waals surface area contributed by atoms with Crippen molar-refractivity contribution in [2.24, 2.45) is 0 Å². The Morgan fingerprint density at radius 2 is 1.95 bits per heavy atom. The number of anilines is 2. The number of benzene rings is 2. The van der Waals surface area contributed by atoms with Crippen molar-refractivity contribution in [1.29, 1.82) is 0 Å². The fourth-order valence-corrected chi connectivity index (χ4v) is 2.59. The average molecular weight is 294 g/mol. The molecule has 0 atom stereocenters. The zero-order chi connectivity index (χ0) is 15.7. The van der Waals surface area contributed by atoms with Crippen LogP contribution in [0.1, 0.15) is 28.6 Å². The van der Waals surface area contributed by atoms with Gasteiger partial charge in [0.1, 0.15) is 5.58 Å². The molecule has 0 bridgehead atoms. The van der Waals surface area contributed by atoms with Crippen molar-refractivity contribution in [3.63, 3.8) is 0 Å². The van der Waals surface area contributed by atoms with Crippen LogP contribution in [-0.2, 0) is 6.42 Å². The van der Waals surface area contributed by atoms with Gasteiger partial charge in [-0.1, -0.05) is 37.3 Å². The third-order valence-electron chi connectivity index (χ3n) is 3.84. The number of fused-ring (bicyclic) bond motifs is 1. The lowest BCUT2D eigenvalue weighted by molar-refractivity contribution is 0.0998. The first-order valence-electron chi connectivity index (χ1n) is 7.28. The number of rotatable bonds is 3. The molecule has 0 unspecified atom stereocenters. The summed E-state index contributed by atoms with van der Waals surface area (Å²) in [5, 5.41) is 3.79. The van der Waals surface area contributed by atoms with Crippen LogP contribution in [0.15, 0.2) is 46.9 Å². The van der Waals surface area contributed by atoms with Crippen LogP contribution >= 0.6 is 0 Å². The van der Waals surface area contributed by atoms with Crippen LogP contribution in [0.5, 0.6) is 0 Å². The second-order valence-electron chi connectivity index (χ2n) is 5.24.